The molecule has 0 radical (unpaired) electrons. The van der Waals surface area contributed by atoms with Crippen molar-refractivity contribution in [2.75, 3.05) is 0 Å². The van der Waals surface area contributed by atoms with Crippen molar-refractivity contribution in [2.24, 2.45) is 22.7 Å². The van der Waals surface area contributed by atoms with E-state index in [9.17, 15) is 0 Å². The largest absolute Gasteiger partial charge is 0.255 e. The molecule has 4 aromatic heterocycles. The lowest BCUT2D eigenvalue weighted by atomic mass is 9.44. The maximum absolute atomic E-state index is 4.93. The maximum Gasteiger partial charge on any atom is 0.0889 e. The molecular weight excluding hydrogens is 609 g/mol. The van der Waals surface area contributed by atoms with Crippen LogP contribution in [-0.2, 0) is 12.8 Å². The molecule has 4 nitrogen and oxygen atoms in total. The first kappa shape index (κ1) is 30.2. The molecule has 50 heavy (non-hydrogen) atoms. The fourth-order valence-corrected chi connectivity index (χ4v) is 11.0. The molecule has 0 spiro atoms. The first-order chi connectivity index (χ1) is 24.3. The van der Waals surface area contributed by atoms with Gasteiger partial charge < -0.3 is 0 Å². The van der Waals surface area contributed by atoms with E-state index in [-0.39, 0.29) is 0 Å². The quantitative estimate of drug-likeness (QED) is 0.180. The van der Waals surface area contributed by atoms with Gasteiger partial charge in [-0.2, -0.15) is 0 Å². The Bertz CT molecular complexity index is 2270. The van der Waals surface area contributed by atoms with Gasteiger partial charge in [0.2, 0.25) is 0 Å². The molecule has 6 aromatic rings. The Hall–Kier alpha value is -4.70. The molecule has 2 saturated carbocycles. The smallest absolute Gasteiger partial charge is 0.0889 e. The van der Waals surface area contributed by atoms with E-state index >= 15 is 0 Å². The van der Waals surface area contributed by atoms with Crippen molar-refractivity contribution in [2.45, 2.75) is 77.0 Å². The summed E-state index contributed by atoms with van der Waals surface area (Å²) in [5.41, 5.74) is 13.3. The van der Waals surface area contributed by atoms with Crippen molar-refractivity contribution in [3.8, 4) is 22.8 Å². The van der Waals surface area contributed by atoms with Crippen molar-refractivity contribution in [3.63, 3.8) is 0 Å². The third kappa shape index (κ3) is 4.43. The van der Waals surface area contributed by atoms with Crippen molar-refractivity contribution in [1.29, 1.82) is 0 Å². The molecule has 6 aliphatic carbocycles. The Morgan fingerprint density at radius 2 is 1.12 bits per heavy atom. The summed E-state index contributed by atoms with van der Waals surface area (Å²) in [5.74, 6) is 3.48. The van der Waals surface area contributed by atoms with Crippen LogP contribution in [0.3, 0.4) is 0 Å². The number of hydrogen-bond donors (Lipinski definition) is 0. The minimum absolute atomic E-state index is 0.292. The van der Waals surface area contributed by atoms with Gasteiger partial charge in [0.15, 0.2) is 0 Å². The Morgan fingerprint density at radius 3 is 1.66 bits per heavy atom. The fourth-order valence-electron chi connectivity index (χ4n) is 11.0. The standard InChI is InChI=1S/C46H44N4/c1-45(2)37-23-39(45)35-25-49-43(41-12-5-7-16-47-41)21-31(35)33(37)19-27-14-15-30-28(18-27)10-9-11-29(30)20-34-32-22-44(42-13-6-8-17-48-42)50-26-36(32)40-24-38(34)46(40,3)4/h5-18,21-22,25-26,33-34,37-40H,19-20,23-24H2,1-4H3/t33-,34-,37-,38-,39+,40+/m1/s1. The van der Waals surface area contributed by atoms with E-state index in [1.807, 2.05) is 24.5 Å². The summed E-state index contributed by atoms with van der Waals surface area (Å²) in [4.78, 5) is 19.1. The zero-order chi connectivity index (χ0) is 33.8. The summed E-state index contributed by atoms with van der Waals surface area (Å²) in [6, 6.07) is 31.2. The second kappa shape index (κ2) is 10.9. The van der Waals surface area contributed by atoms with E-state index < -0.39 is 0 Å². The molecule has 4 heteroatoms. The zero-order valence-corrected chi connectivity index (χ0v) is 29.5. The van der Waals surface area contributed by atoms with Crippen LogP contribution in [0, 0.1) is 22.7 Å². The van der Waals surface area contributed by atoms with E-state index in [1.165, 1.54) is 57.0 Å². The number of pyridine rings is 4. The van der Waals surface area contributed by atoms with Gasteiger partial charge in [0.05, 0.1) is 22.8 Å². The topological polar surface area (TPSA) is 51.6 Å². The van der Waals surface area contributed by atoms with E-state index in [4.69, 9.17) is 9.97 Å². The summed E-state index contributed by atoms with van der Waals surface area (Å²) in [6.07, 6.45) is 12.7. The molecule has 0 saturated heterocycles. The molecule has 0 aliphatic heterocycles. The molecule has 2 aromatic carbocycles. The third-order valence-corrected chi connectivity index (χ3v) is 13.9. The number of rotatable bonds is 6. The summed E-state index contributed by atoms with van der Waals surface area (Å²) >= 11 is 0. The second-order valence-corrected chi connectivity index (χ2v) is 16.9. The monoisotopic (exact) mass is 652 g/mol. The minimum Gasteiger partial charge on any atom is -0.255 e. The summed E-state index contributed by atoms with van der Waals surface area (Å²) in [7, 11) is 0. The Balaban J connectivity index is 0.986. The summed E-state index contributed by atoms with van der Waals surface area (Å²) < 4.78 is 0. The van der Waals surface area contributed by atoms with Crippen LogP contribution in [-0.4, -0.2) is 19.9 Å². The van der Waals surface area contributed by atoms with Gasteiger partial charge in [-0.3, -0.25) is 19.9 Å². The van der Waals surface area contributed by atoms with Crippen molar-refractivity contribution in [3.05, 3.63) is 143 Å². The van der Waals surface area contributed by atoms with Crippen LogP contribution in [0.1, 0.15) is 97.6 Å². The van der Waals surface area contributed by atoms with Gasteiger partial charge in [0.25, 0.3) is 0 Å². The first-order valence-corrected chi connectivity index (χ1v) is 18.6. The number of hydrogen-bond acceptors (Lipinski definition) is 4. The lowest BCUT2D eigenvalue weighted by Crippen LogP contribution is -2.50. The lowest BCUT2D eigenvalue weighted by Gasteiger charge is -2.60. The molecule has 6 atom stereocenters. The molecular formula is C46H44N4. The van der Waals surface area contributed by atoms with Gasteiger partial charge in [0.1, 0.15) is 0 Å². The third-order valence-electron chi connectivity index (χ3n) is 13.9. The molecule has 12 rings (SSSR count). The number of aromatic nitrogens is 4. The predicted molar refractivity (Wildman–Crippen MR) is 201 cm³/mol. The average molecular weight is 653 g/mol. The number of benzene rings is 2. The van der Waals surface area contributed by atoms with Crippen LogP contribution in [0.5, 0.6) is 0 Å². The van der Waals surface area contributed by atoms with Crippen LogP contribution < -0.4 is 0 Å². The van der Waals surface area contributed by atoms with Gasteiger partial charge in [-0.25, -0.2) is 0 Å². The van der Waals surface area contributed by atoms with Gasteiger partial charge in [-0.15, -0.1) is 0 Å². The van der Waals surface area contributed by atoms with Crippen LogP contribution >= 0.6 is 0 Å². The molecule has 0 amide bonds. The number of fused-ring (bicyclic) bond motifs is 1. The van der Waals surface area contributed by atoms with Crippen molar-refractivity contribution < 1.29 is 0 Å². The fraction of sp³-hybridized carbons (Fsp3) is 0.348. The summed E-state index contributed by atoms with van der Waals surface area (Å²) in [5, 5.41) is 2.75. The Kier molecular flexibility index (Phi) is 6.57. The highest BCUT2D eigenvalue weighted by molar-refractivity contribution is 5.86. The maximum atomic E-state index is 4.93. The van der Waals surface area contributed by atoms with Gasteiger partial charge in [-0.1, -0.05) is 76.2 Å². The highest BCUT2D eigenvalue weighted by Crippen LogP contribution is 2.68. The van der Waals surface area contributed by atoms with E-state index in [0.717, 1.165) is 35.6 Å². The molecule has 6 aliphatic rings. The zero-order valence-electron chi connectivity index (χ0n) is 29.5. The molecule has 2 fully saturated rings. The van der Waals surface area contributed by atoms with E-state index in [0.29, 0.717) is 46.3 Å². The summed E-state index contributed by atoms with van der Waals surface area (Å²) in [6.45, 7) is 9.92. The number of nitrogens with zero attached hydrogens (tertiary/aromatic N) is 4. The highest BCUT2D eigenvalue weighted by Gasteiger charge is 2.58. The van der Waals surface area contributed by atoms with Crippen LogP contribution in [0.25, 0.3) is 33.5 Å². The predicted octanol–water partition coefficient (Wildman–Crippen LogP) is 10.7. The molecule has 0 unspecified atom stereocenters. The second-order valence-electron chi connectivity index (χ2n) is 16.9. The molecule has 0 N–H and O–H groups in total. The van der Waals surface area contributed by atoms with Crippen molar-refractivity contribution in [1.82, 2.24) is 19.9 Å². The highest BCUT2D eigenvalue weighted by atomic mass is 14.8. The van der Waals surface area contributed by atoms with Crippen LogP contribution in [0.15, 0.2) is 110 Å². The Morgan fingerprint density at radius 1 is 0.540 bits per heavy atom. The van der Waals surface area contributed by atoms with E-state index in [2.05, 4.69) is 123 Å². The van der Waals surface area contributed by atoms with Gasteiger partial charge in [0, 0.05) is 24.8 Å². The minimum atomic E-state index is 0.292. The molecule has 4 bridgehead atoms. The van der Waals surface area contributed by atoms with Crippen LogP contribution in [0.4, 0.5) is 0 Å². The van der Waals surface area contributed by atoms with Crippen molar-refractivity contribution >= 4 is 10.8 Å². The lowest BCUT2D eigenvalue weighted by molar-refractivity contribution is -0.00580. The Labute approximate surface area is 295 Å². The average Bonchev–Trinajstić information content (AvgIpc) is 3.14. The van der Waals surface area contributed by atoms with Gasteiger partial charge >= 0.3 is 0 Å². The van der Waals surface area contributed by atoms with Crippen LogP contribution in [0.2, 0.25) is 0 Å². The first-order valence-electron chi connectivity index (χ1n) is 18.6. The SMILES string of the molecule is CC1(C)[C@@H]2C[C@H]1c1cnc(-c3ccccn3)cc1[C@H]2Cc1ccc2c(C[C@@H]3c4cc(-c5ccccn5)ncc4[C@@H]4C[C@H]3C4(C)C)cccc2c1. The van der Waals surface area contributed by atoms with Gasteiger partial charge in [-0.05, 0) is 153 Å². The normalized spacial score (nSPS) is 26.3. The molecule has 4 heterocycles. The molecule has 248 valence electrons. The van der Waals surface area contributed by atoms with E-state index in [1.54, 1.807) is 0 Å².